The van der Waals surface area contributed by atoms with Gasteiger partial charge in [-0.2, -0.15) is 0 Å². The van der Waals surface area contributed by atoms with E-state index in [2.05, 4.69) is 26.3 Å². The van der Waals surface area contributed by atoms with Gasteiger partial charge in [0, 0.05) is 13.1 Å². The maximum atomic E-state index is 10.9. The van der Waals surface area contributed by atoms with E-state index in [-0.39, 0.29) is 0 Å². The van der Waals surface area contributed by atoms with Crippen LogP contribution in [-0.2, 0) is 24.7 Å². The quantitative estimate of drug-likeness (QED) is 0.573. The molecule has 28 heavy (non-hydrogen) atoms. The minimum Gasteiger partial charge on any atom is -0.410 e. The van der Waals surface area contributed by atoms with Crippen molar-refractivity contribution < 1.29 is 34.3 Å². The molecule has 1 rings (SSSR count). The molecule has 0 radical (unpaired) electrons. The molecule has 8 nitrogen and oxygen atoms in total. The van der Waals surface area contributed by atoms with Gasteiger partial charge < -0.3 is 34.3 Å². The lowest BCUT2D eigenvalue weighted by Gasteiger charge is -2.44. The van der Waals surface area contributed by atoms with E-state index < -0.39 is 51.9 Å². The second kappa shape index (κ2) is 8.59. The SMILES string of the molecule is C=C[Si]1(C)O[Si](C)(O)O[Si](C)(C=C)O[Si](C)(C=C)O[Si](C)(O)O[Si](C)(C=C)O1. The van der Waals surface area contributed by atoms with E-state index in [9.17, 15) is 9.59 Å². The van der Waals surface area contributed by atoms with Gasteiger partial charge in [-0.1, -0.05) is 22.8 Å². The Morgan fingerprint density at radius 3 is 0.786 bits per heavy atom. The molecular formula is C14H32O8Si6. The summed E-state index contributed by atoms with van der Waals surface area (Å²) in [7, 11) is -20.1. The van der Waals surface area contributed by atoms with Gasteiger partial charge in [0.2, 0.25) is 0 Å². The maximum absolute atomic E-state index is 10.9. The Kier molecular flexibility index (Phi) is 7.97. The lowest BCUT2D eigenvalue weighted by molar-refractivity contribution is 0.173. The highest BCUT2D eigenvalue weighted by Gasteiger charge is 2.56. The molecule has 0 aromatic heterocycles. The standard InChI is InChI=1S/C14H32O8Si6/c1-11-23(5)17-24(6,12-2)20-28(10,16)22-26(8,14-4)18-25(7,13-3)21-27(9,15)19-23/h11-16H,1-4H2,5-10H3. The first kappa shape index (κ1) is 26.0. The van der Waals surface area contributed by atoms with Gasteiger partial charge in [-0.3, -0.25) is 0 Å². The molecule has 0 saturated carbocycles. The van der Waals surface area contributed by atoms with Crippen LogP contribution in [0, 0.1) is 0 Å². The van der Waals surface area contributed by atoms with Crippen molar-refractivity contribution in [1.29, 1.82) is 0 Å². The minimum absolute atomic E-state index is 1.49. The van der Waals surface area contributed by atoms with E-state index >= 15 is 0 Å². The van der Waals surface area contributed by atoms with E-state index in [4.69, 9.17) is 24.7 Å². The molecule has 0 bridgehead atoms. The van der Waals surface area contributed by atoms with E-state index in [1.807, 2.05) is 0 Å². The monoisotopic (exact) mass is 496 g/mol. The van der Waals surface area contributed by atoms with Gasteiger partial charge in [0.15, 0.2) is 0 Å². The van der Waals surface area contributed by atoms with E-state index in [1.165, 1.54) is 35.9 Å². The molecule has 1 aliphatic rings. The van der Waals surface area contributed by atoms with E-state index in [0.29, 0.717) is 0 Å². The zero-order valence-electron chi connectivity index (χ0n) is 17.5. The Hall–Kier alpha value is -0.0587. The summed E-state index contributed by atoms with van der Waals surface area (Å²) in [6, 6.07) is 0. The van der Waals surface area contributed by atoms with Crippen LogP contribution >= 0.6 is 0 Å². The van der Waals surface area contributed by atoms with E-state index in [0.717, 1.165) is 0 Å². The topological polar surface area (TPSA) is 95.8 Å². The largest absolute Gasteiger partial charge is 0.477 e. The minimum atomic E-state index is -3.72. The van der Waals surface area contributed by atoms with Crippen molar-refractivity contribution in [2.24, 2.45) is 0 Å². The Balaban J connectivity index is 3.54. The Morgan fingerprint density at radius 1 is 0.464 bits per heavy atom. The number of hydrogen-bond acceptors (Lipinski definition) is 8. The lowest BCUT2D eigenvalue weighted by Crippen LogP contribution is -2.66. The molecular weight excluding hydrogens is 465 g/mol. The average Bonchev–Trinajstić information content (AvgIpc) is 2.51. The summed E-state index contributed by atoms with van der Waals surface area (Å²) in [6.45, 7) is 25.0. The van der Waals surface area contributed by atoms with Crippen LogP contribution in [0.1, 0.15) is 0 Å². The van der Waals surface area contributed by atoms with Gasteiger partial charge in [-0.05, 0) is 26.2 Å². The lowest BCUT2D eigenvalue weighted by atomic mass is 11.3. The molecule has 0 aromatic carbocycles. The zero-order chi connectivity index (χ0) is 22.1. The van der Waals surface area contributed by atoms with Gasteiger partial charge in [0.25, 0.3) is 0 Å². The third-order valence-electron chi connectivity index (χ3n) is 3.86. The van der Waals surface area contributed by atoms with Crippen molar-refractivity contribution >= 4 is 51.9 Å². The van der Waals surface area contributed by atoms with Crippen LogP contribution in [-0.4, -0.2) is 61.4 Å². The Bertz CT molecular complexity index is 545. The summed E-state index contributed by atoms with van der Waals surface area (Å²) < 4.78 is 36.3. The average molecular weight is 497 g/mol. The zero-order valence-corrected chi connectivity index (χ0v) is 23.5. The van der Waals surface area contributed by atoms with E-state index in [1.54, 1.807) is 26.2 Å². The molecule has 1 saturated heterocycles. The van der Waals surface area contributed by atoms with Gasteiger partial charge in [-0.15, -0.1) is 26.3 Å². The van der Waals surface area contributed by atoms with Gasteiger partial charge in [-0.25, -0.2) is 0 Å². The highest BCUT2D eigenvalue weighted by Crippen LogP contribution is 2.31. The number of rotatable bonds is 4. The third kappa shape index (κ3) is 7.02. The van der Waals surface area contributed by atoms with Crippen LogP contribution in [0.3, 0.4) is 0 Å². The summed E-state index contributed by atoms with van der Waals surface area (Å²) in [4.78, 5) is 21.9. The molecule has 0 aliphatic carbocycles. The fourth-order valence-corrected chi connectivity index (χ4v) is 27.2. The van der Waals surface area contributed by atoms with Crippen LogP contribution in [0.2, 0.25) is 39.3 Å². The van der Waals surface area contributed by atoms with Crippen LogP contribution in [0.5, 0.6) is 0 Å². The second-order valence-corrected chi connectivity index (χ2v) is 25.5. The Labute approximate surface area is 174 Å². The normalized spacial score (nSPS) is 48.6. The smallest absolute Gasteiger partial charge is 0.410 e. The van der Waals surface area contributed by atoms with Crippen molar-refractivity contribution in [2.75, 3.05) is 0 Å². The predicted octanol–water partition coefficient (Wildman–Crippen LogP) is 2.41. The first-order valence-electron chi connectivity index (χ1n) is 8.68. The Morgan fingerprint density at radius 2 is 0.643 bits per heavy atom. The molecule has 1 heterocycles. The first-order chi connectivity index (χ1) is 12.5. The summed E-state index contributed by atoms with van der Waals surface area (Å²) in [5, 5.41) is 0. The van der Waals surface area contributed by atoms with Crippen molar-refractivity contribution in [3.05, 3.63) is 49.1 Å². The number of hydrogen-bond donors (Lipinski definition) is 2. The highest BCUT2D eigenvalue weighted by atomic mass is 28.5. The molecule has 0 amide bonds. The van der Waals surface area contributed by atoms with Crippen molar-refractivity contribution in [3.63, 3.8) is 0 Å². The van der Waals surface area contributed by atoms with Gasteiger partial charge in [0.05, 0.1) is 0 Å². The molecule has 1 aliphatic heterocycles. The summed E-state index contributed by atoms with van der Waals surface area (Å²) >= 11 is 0. The first-order valence-corrected chi connectivity index (χ1v) is 22.8. The van der Waals surface area contributed by atoms with Gasteiger partial charge in [0.1, 0.15) is 0 Å². The highest BCUT2D eigenvalue weighted by molar-refractivity contribution is 6.95. The molecule has 4 atom stereocenters. The molecule has 1 fully saturated rings. The molecule has 4 unspecified atom stereocenters. The third-order valence-corrected chi connectivity index (χ3v) is 25.9. The predicted molar refractivity (Wildman–Crippen MR) is 121 cm³/mol. The van der Waals surface area contributed by atoms with Crippen LogP contribution in [0.15, 0.2) is 49.1 Å². The van der Waals surface area contributed by atoms with Crippen molar-refractivity contribution in [1.82, 2.24) is 0 Å². The molecule has 0 spiro atoms. The fourth-order valence-electron chi connectivity index (χ4n) is 2.77. The van der Waals surface area contributed by atoms with Gasteiger partial charge >= 0.3 is 51.9 Å². The van der Waals surface area contributed by atoms with Crippen LogP contribution in [0.4, 0.5) is 0 Å². The maximum Gasteiger partial charge on any atom is 0.477 e. The fraction of sp³-hybridized carbons (Fsp3) is 0.429. The molecule has 14 heteroatoms. The van der Waals surface area contributed by atoms with Crippen LogP contribution in [0.25, 0.3) is 0 Å². The molecule has 2 N–H and O–H groups in total. The summed E-state index contributed by atoms with van der Waals surface area (Å²) in [6.07, 6.45) is 0. The molecule has 160 valence electrons. The molecule has 0 aromatic rings. The van der Waals surface area contributed by atoms with Crippen LogP contribution < -0.4 is 0 Å². The van der Waals surface area contributed by atoms with Crippen molar-refractivity contribution in [3.8, 4) is 0 Å². The summed E-state index contributed by atoms with van der Waals surface area (Å²) in [5.74, 6) is 0. The summed E-state index contributed by atoms with van der Waals surface area (Å²) in [5.41, 5.74) is 6.09. The second-order valence-electron chi connectivity index (χ2n) is 7.29. The van der Waals surface area contributed by atoms with Crippen molar-refractivity contribution in [2.45, 2.75) is 39.3 Å².